The number of thiophene rings is 9. The Morgan fingerprint density at radius 2 is 0.675 bits per heavy atom. The summed E-state index contributed by atoms with van der Waals surface area (Å²) in [5.74, 6) is 6.81. The summed E-state index contributed by atoms with van der Waals surface area (Å²) in [4.78, 5) is 96.6. The van der Waals surface area contributed by atoms with E-state index in [2.05, 4.69) is 128 Å². The zero-order chi connectivity index (χ0) is 82.2. The van der Waals surface area contributed by atoms with Crippen molar-refractivity contribution in [2.45, 2.75) is 186 Å². The van der Waals surface area contributed by atoms with Gasteiger partial charge in [-0.15, -0.1) is 90.7 Å². The largest absolute Gasteiger partial charge is 1.00 e. The molecule has 0 spiro atoms. The Labute approximate surface area is 747 Å². The van der Waals surface area contributed by atoms with Gasteiger partial charge in [0.1, 0.15) is 39.6 Å². The average molecular weight is 2060 g/mol. The number of ether oxygens (including phenoxy) is 8. The van der Waals surface area contributed by atoms with Crippen molar-refractivity contribution in [1.82, 2.24) is 49.8 Å². The molecule has 14 aromatic heterocycles. The van der Waals surface area contributed by atoms with Gasteiger partial charge in [-0.1, -0.05) is 13.3 Å². The van der Waals surface area contributed by atoms with E-state index in [9.17, 15) is 24.0 Å². The molecule has 0 radical (unpaired) electrons. The first kappa shape index (κ1) is 92.7. The van der Waals surface area contributed by atoms with E-state index < -0.39 is 35.6 Å². The number of halogens is 2. The summed E-state index contributed by atoms with van der Waals surface area (Å²) in [6.07, 6.45) is 18.6. The van der Waals surface area contributed by atoms with Crippen molar-refractivity contribution in [3.8, 4) is 85.0 Å². The SMILES string of the molecule is CCC[CH2][Sn]([CH2]CCC)([CH2]CCC)[c]1sc(C)c2c1OCCO2.CCC[CH2][Sn]([Cl])([CH2]CCC)[CH2]CCC.Cc1sc(-c2sc(-c3sc(C)c4[nH]c(=O)[nH]c34)c3c2OCCO3)c2[nH]c(=O)[nH]c12.O=c1[nH]c2csc(-c3sc(-c4scc5[nH]c(=O)[nH]c45)c4c3OCCO4)c2[nH]1.O=c1[nH]c2csc(Br)c2[nH]1.[CH2-]CCC.[Li+].c1scc2c1OCCO2. The minimum Gasteiger partial charge on any atom is -0.485 e. The van der Waals surface area contributed by atoms with Crippen LogP contribution in [0.5, 0.6) is 46.0 Å². The number of aromatic nitrogens is 10. The molecule has 0 fully saturated rings. The molecule has 18 rings (SSSR count). The van der Waals surface area contributed by atoms with E-state index in [1.165, 1.54) is 155 Å². The molecule has 0 aliphatic carbocycles. The standard InChI is InChI=1S/C18H14N4O4S3.C16H10N4O4S3.C7H7O2S.C6H6O2S.C5H3BrN2OS.7C4H9.ClH.Li.2Sn/c1-5-7-9(21-17(23)19-7)13(27-5)15-11-12(26-4-3-25-11)16(29-15)14-10-8(6(2)28-14)20-18(24)22-10;21-15-17-5-3-25-11(7(5)19-15)13-9-10(24-2-1-23-9)14(27-13)12-8-6(4-26-12)18-16(22)20-8;1-5-7-6(4-10-5)8-2-3-9-7;1-2-8-6-4-9-3-5(6)7-1;6-4-3-2(1-10-4)7-5(9)8-3;7*1-3-4-2;;;;/h3-4H2,1-2H3,(H2,19,21,23)(H2,20,22,24);3-4H,1-2H2,(H2,17,19,21)(H2,18,20,22);2-3H2,1H3;3-4H,1-2H2;1H,(H2,7,8,9);7*1,3-4H2,2H3;1H;;;/q;;;;;;;;;;;-1;;+1;;+1/p-1. The number of hydrogen-bond donors (Lipinski definition) is 10. The van der Waals surface area contributed by atoms with Crippen molar-refractivity contribution >= 4 is 221 Å². The second-order valence-electron chi connectivity index (χ2n) is 28.7. The average Bonchev–Trinajstić information content (AvgIpc) is 1.57. The third-order valence-electron chi connectivity index (χ3n) is 20.1. The predicted octanol–water partition coefficient (Wildman–Crippen LogP) is 20.5. The number of imidazole rings is 5. The van der Waals surface area contributed by atoms with Gasteiger partial charge in [-0.05, 0) is 29.8 Å². The number of rotatable bonds is 24. The molecular formula is C80H103BrClLiN10O13S9Sn2. The number of fused-ring (bicyclic) bond motifs is 9. The van der Waals surface area contributed by atoms with Crippen LogP contribution in [0.1, 0.15) is 153 Å². The van der Waals surface area contributed by atoms with E-state index in [-0.39, 0.29) is 47.3 Å². The number of aromatic amines is 10. The van der Waals surface area contributed by atoms with Gasteiger partial charge in [0.05, 0.1) is 98.0 Å². The number of nitrogens with one attached hydrogen (secondary N) is 10. The van der Waals surface area contributed by atoms with Gasteiger partial charge in [0, 0.05) is 36.7 Å². The normalized spacial score (nSPS) is 13.2. The van der Waals surface area contributed by atoms with Crippen LogP contribution in [-0.2, 0) is 0 Å². The van der Waals surface area contributed by atoms with Crippen LogP contribution in [0.3, 0.4) is 0 Å². The van der Waals surface area contributed by atoms with Crippen LogP contribution < -0.4 is 88.1 Å². The molecule has 4 aliphatic rings. The minimum absolute atomic E-state index is 0. The molecule has 628 valence electrons. The topological polar surface area (TPSA) is 317 Å². The Morgan fingerprint density at radius 1 is 0.359 bits per heavy atom. The van der Waals surface area contributed by atoms with Crippen LogP contribution in [0, 0.1) is 27.7 Å². The number of aryl methyl sites for hydroxylation is 3. The van der Waals surface area contributed by atoms with Crippen molar-refractivity contribution in [3.63, 3.8) is 0 Å². The van der Waals surface area contributed by atoms with Crippen LogP contribution in [0.2, 0.25) is 26.6 Å². The summed E-state index contributed by atoms with van der Waals surface area (Å²) in [5.41, 5.74) is 6.92. The molecule has 0 saturated carbocycles. The molecular weight excluding hydrogens is 1960 g/mol. The fourth-order valence-corrected chi connectivity index (χ4v) is 57.4. The van der Waals surface area contributed by atoms with Crippen LogP contribution >= 0.6 is 127 Å². The second-order valence-corrected chi connectivity index (χ2v) is 69.3. The summed E-state index contributed by atoms with van der Waals surface area (Å²) in [6, 6.07) is 0. The van der Waals surface area contributed by atoms with Gasteiger partial charge in [-0.3, -0.25) is 0 Å². The summed E-state index contributed by atoms with van der Waals surface area (Å²) >= 11 is 13.4. The molecule has 0 aromatic carbocycles. The fourth-order valence-electron chi connectivity index (χ4n) is 14.1. The smallest absolute Gasteiger partial charge is 0.485 e. The van der Waals surface area contributed by atoms with E-state index in [1.54, 1.807) is 59.6 Å². The molecule has 0 saturated heterocycles. The van der Waals surface area contributed by atoms with E-state index in [0.717, 1.165) is 138 Å². The van der Waals surface area contributed by atoms with Gasteiger partial charge >= 0.3 is 297 Å². The Balaban J connectivity index is 0.000000142. The first-order valence-electron chi connectivity index (χ1n) is 39.9. The van der Waals surface area contributed by atoms with Gasteiger partial charge in [0.15, 0.2) is 34.5 Å². The second kappa shape index (κ2) is 43.9. The van der Waals surface area contributed by atoms with E-state index >= 15 is 0 Å². The van der Waals surface area contributed by atoms with Gasteiger partial charge < -0.3 is 85.2 Å². The van der Waals surface area contributed by atoms with Crippen molar-refractivity contribution in [1.29, 1.82) is 0 Å². The zero-order valence-corrected chi connectivity index (χ0v) is 83.5. The first-order chi connectivity index (χ1) is 56.2. The van der Waals surface area contributed by atoms with E-state index in [0.29, 0.717) is 69.2 Å². The zero-order valence-electron chi connectivity index (χ0n) is 68.1. The quantitative estimate of drug-likeness (QED) is 0.0199. The maximum Gasteiger partial charge on any atom is 1.00 e. The third-order valence-corrected chi connectivity index (χ3v) is 63.4. The number of H-pyrrole nitrogens is 10. The van der Waals surface area contributed by atoms with Crippen LogP contribution in [0.4, 0.5) is 0 Å². The van der Waals surface area contributed by atoms with Gasteiger partial charge in [0.2, 0.25) is 0 Å². The van der Waals surface area contributed by atoms with E-state index in [1.807, 2.05) is 52.1 Å². The summed E-state index contributed by atoms with van der Waals surface area (Å²) < 4.78 is 58.0. The molecule has 0 bridgehead atoms. The Kier molecular flexibility index (Phi) is 34.8. The van der Waals surface area contributed by atoms with Crippen LogP contribution in [0.25, 0.3) is 94.2 Å². The first-order valence-corrected chi connectivity index (χ1v) is 65.5. The molecule has 0 amide bonds. The van der Waals surface area contributed by atoms with E-state index in [4.69, 9.17) is 46.8 Å². The maximum absolute atomic E-state index is 11.9. The Bertz CT molecular complexity index is 5560. The third kappa shape index (κ3) is 22.0. The van der Waals surface area contributed by atoms with Crippen LogP contribution in [-0.4, -0.2) is 138 Å². The minimum atomic E-state index is -2.39. The Hall–Kier alpha value is -4.99. The molecule has 37 heteroatoms. The number of hydrogen-bond acceptors (Lipinski definition) is 22. The summed E-state index contributed by atoms with van der Waals surface area (Å²) in [5, 5.41) is 9.61. The molecule has 14 aromatic rings. The maximum atomic E-state index is 11.9. The molecule has 4 aliphatic heterocycles. The molecule has 0 unspecified atom stereocenters. The molecule has 18 heterocycles. The monoisotopic (exact) mass is 2060 g/mol. The molecule has 23 nitrogen and oxygen atoms in total. The summed E-state index contributed by atoms with van der Waals surface area (Å²) in [6.45, 7) is 30.4. The summed E-state index contributed by atoms with van der Waals surface area (Å²) in [7, 11) is 6.89. The van der Waals surface area contributed by atoms with Crippen molar-refractivity contribution in [2.75, 3.05) is 52.9 Å². The van der Waals surface area contributed by atoms with Crippen LogP contribution in [0.15, 0.2) is 54.7 Å². The van der Waals surface area contributed by atoms with Gasteiger partial charge in [0.25, 0.3) is 0 Å². The van der Waals surface area contributed by atoms with Gasteiger partial charge in [-0.25, -0.2) is 24.0 Å². The molecule has 10 N–H and O–H groups in total. The fraction of sp³-hybridized carbons (Fsp3) is 0.475. The van der Waals surface area contributed by atoms with Crippen molar-refractivity contribution in [3.05, 3.63) is 105 Å². The van der Waals surface area contributed by atoms with Gasteiger partial charge in [-0.2, -0.15) is 6.42 Å². The molecule has 0 atom stereocenters. The molecule has 117 heavy (non-hydrogen) atoms. The predicted molar refractivity (Wildman–Crippen MR) is 499 cm³/mol. The Morgan fingerprint density at radius 3 is 1.06 bits per heavy atom. The van der Waals surface area contributed by atoms with Crippen molar-refractivity contribution < 1.29 is 56.8 Å². The number of unbranched alkanes of at least 4 members (excludes halogenated alkanes) is 7. The van der Waals surface area contributed by atoms with Crippen molar-refractivity contribution in [2.24, 2.45) is 0 Å².